The molecule has 0 bridgehead atoms. The predicted octanol–water partition coefficient (Wildman–Crippen LogP) is 0.883. The first-order valence-corrected chi connectivity index (χ1v) is 10.1. The van der Waals surface area contributed by atoms with Crippen molar-refractivity contribution in [2.45, 2.75) is 52.4 Å². The van der Waals surface area contributed by atoms with Crippen LogP contribution in [0.2, 0.25) is 0 Å². The highest BCUT2D eigenvalue weighted by Gasteiger charge is 2.42. The molecule has 2 N–H and O–H groups in total. The van der Waals surface area contributed by atoms with Crippen LogP contribution in [0, 0.1) is 11.3 Å². The van der Waals surface area contributed by atoms with Gasteiger partial charge < -0.3 is 14.8 Å². The van der Waals surface area contributed by atoms with E-state index in [1.807, 2.05) is 9.80 Å². The maximum Gasteiger partial charge on any atom is 0.325 e. The fourth-order valence-corrected chi connectivity index (χ4v) is 4.32. The zero-order chi connectivity index (χ0) is 20.3. The Kier molecular flexibility index (Phi) is 6.05. The SMILES string of the molecule is CC(C)CCN1CC2(CCCN(C(=O)Cc3c[nH]c(=O)[nH]c3=O)C2)CCC1=O. The molecule has 1 spiro atoms. The molecule has 2 aliphatic rings. The Morgan fingerprint density at radius 2 is 2.00 bits per heavy atom. The minimum Gasteiger partial charge on any atom is -0.342 e. The van der Waals surface area contributed by atoms with Crippen LogP contribution in [0.5, 0.6) is 0 Å². The molecule has 2 aliphatic heterocycles. The fourth-order valence-electron chi connectivity index (χ4n) is 4.32. The van der Waals surface area contributed by atoms with Crippen molar-refractivity contribution in [3.8, 4) is 0 Å². The lowest BCUT2D eigenvalue weighted by Gasteiger charge is -2.48. The van der Waals surface area contributed by atoms with E-state index in [0.717, 1.165) is 32.2 Å². The van der Waals surface area contributed by atoms with Crippen molar-refractivity contribution < 1.29 is 9.59 Å². The lowest BCUT2D eigenvalue weighted by Crippen LogP contribution is -2.55. The molecule has 8 nitrogen and oxygen atoms in total. The monoisotopic (exact) mass is 390 g/mol. The number of amides is 2. The van der Waals surface area contributed by atoms with Crippen molar-refractivity contribution in [2.24, 2.45) is 11.3 Å². The molecule has 154 valence electrons. The minimum absolute atomic E-state index is 0.0296. The molecular formula is C20H30N4O4. The van der Waals surface area contributed by atoms with Crippen molar-refractivity contribution in [3.63, 3.8) is 0 Å². The molecule has 1 aromatic heterocycles. The topological polar surface area (TPSA) is 106 Å². The van der Waals surface area contributed by atoms with E-state index in [1.54, 1.807) is 0 Å². The summed E-state index contributed by atoms with van der Waals surface area (Å²) in [5.74, 6) is 0.655. The molecule has 8 heteroatoms. The van der Waals surface area contributed by atoms with E-state index in [9.17, 15) is 19.2 Å². The maximum absolute atomic E-state index is 12.8. The first kappa shape index (κ1) is 20.4. The Hall–Kier alpha value is -2.38. The number of carbonyl (C=O) groups is 2. The van der Waals surface area contributed by atoms with Gasteiger partial charge in [-0.2, -0.15) is 0 Å². The summed E-state index contributed by atoms with van der Waals surface area (Å²) in [6, 6.07) is 0. The van der Waals surface area contributed by atoms with Crippen LogP contribution in [0.15, 0.2) is 15.8 Å². The van der Waals surface area contributed by atoms with Crippen LogP contribution in [-0.4, -0.2) is 57.8 Å². The highest BCUT2D eigenvalue weighted by atomic mass is 16.2. The van der Waals surface area contributed by atoms with E-state index in [0.29, 0.717) is 32.0 Å². The molecule has 0 aromatic carbocycles. The summed E-state index contributed by atoms with van der Waals surface area (Å²) < 4.78 is 0. The van der Waals surface area contributed by atoms with E-state index in [2.05, 4.69) is 23.8 Å². The summed E-state index contributed by atoms with van der Waals surface area (Å²) in [6.45, 7) is 7.09. The van der Waals surface area contributed by atoms with Crippen LogP contribution in [0.4, 0.5) is 0 Å². The Bertz CT molecular complexity index is 843. The predicted molar refractivity (Wildman–Crippen MR) is 105 cm³/mol. The van der Waals surface area contributed by atoms with Gasteiger partial charge in [0.15, 0.2) is 0 Å². The van der Waals surface area contributed by atoms with E-state index >= 15 is 0 Å². The van der Waals surface area contributed by atoms with Gasteiger partial charge in [-0.05, 0) is 31.6 Å². The molecule has 3 rings (SSSR count). The van der Waals surface area contributed by atoms with Crippen LogP contribution in [-0.2, 0) is 16.0 Å². The van der Waals surface area contributed by atoms with Crippen LogP contribution in [0.25, 0.3) is 0 Å². The maximum atomic E-state index is 12.8. The molecule has 2 fully saturated rings. The average molecular weight is 390 g/mol. The van der Waals surface area contributed by atoms with Gasteiger partial charge in [-0.1, -0.05) is 13.8 Å². The van der Waals surface area contributed by atoms with Gasteiger partial charge >= 0.3 is 5.69 Å². The second kappa shape index (κ2) is 8.32. The zero-order valence-corrected chi connectivity index (χ0v) is 16.8. The zero-order valence-electron chi connectivity index (χ0n) is 16.8. The molecule has 1 aromatic rings. The largest absolute Gasteiger partial charge is 0.342 e. The number of piperidine rings is 2. The molecule has 2 saturated heterocycles. The summed E-state index contributed by atoms with van der Waals surface area (Å²) in [4.78, 5) is 56.5. The van der Waals surface area contributed by atoms with Gasteiger partial charge in [0.25, 0.3) is 5.56 Å². The Morgan fingerprint density at radius 1 is 1.21 bits per heavy atom. The third-order valence-electron chi connectivity index (χ3n) is 5.98. The van der Waals surface area contributed by atoms with Gasteiger partial charge in [0.05, 0.1) is 6.42 Å². The first-order chi connectivity index (χ1) is 13.3. The van der Waals surface area contributed by atoms with Gasteiger partial charge in [0.2, 0.25) is 11.8 Å². The highest BCUT2D eigenvalue weighted by molar-refractivity contribution is 5.79. The molecule has 3 heterocycles. The lowest BCUT2D eigenvalue weighted by atomic mass is 9.73. The van der Waals surface area contributed by atoms with Crippen molar-refractivity contribution >= 4 is 11.8 Å². The number of nitrogens with zero attached hydrogens (tertiary/aromatic N) is 2. The number of likely N-dealkylation sites (tertiary alicyclic amines) is 2. The number of hydrogen-bond acceptors (Lipinski definition) is 4. The molecule has 0 radical (unpaired) electrons. The standard InChI is InChI=1S/C20H30N4O4/c1-14(2)5-9-24-13-20(7-4-16(24)25)6-3-8-23(12-20)17(26)10-15-11-21-19(28)22-18(15)27/h11,14H,3-10,12-13H2,1-2H3,(H2,21,22,27,28). The molecule has 0 saturated carbocycles. The summed E-state index contributed by atoms with van der Waals surface area (Å²) in [5.41, 5.74) is -0.879. The number of aromatic nitrogens is 2. The van der Waals surface area contributed by atoms with Crippen LogP contribution in [0.3, 0.4) is 0 Å². The number of carbonyl (C=O) groups excluding carboxylic acids is 2. The van der Waals surface area contributed by atoms with Crippen molar-refractivity contribution in [2.75, 3.05) is 26.2 Å². The number of nitrogens with one attached hydrogen (secondary N) is 2. The lowest BCUT2D eigenvalue weighted by molar-refractivity contribution is -0.142. The number of H-pyrrole nitrogens is 2. The summed E-state index contributed by atoms with van der Waals surface area (Å²) in [7, 11) is 0. The van der Waals surface area contributed by atoms with Gasteiger partial charge in [-0.3, -0.25) is 19.4 Å². The quantitative estimate of drug-likeness (QED) is 0.778. The second-order valence-corrected chi connectivity index (χ2v) is 8.69. The first-order valence-electron chi connectivity index (χ1n) is 10.1. The molecule has 2 amide bonds. The number of rotatable bonds is 5. The summed E-state index contributed by atoms with van der Waals surface area (Å²) >= 11 is 0. The van der Waals surface area contributed by atoms with E-state index < -0.39 is 11.2 Å². The van der Waals surface area contributed by atoms with E-state index in [-0.39, 0.29) is 29.2 Å². The Labute approximate surface area is 164 Å². The Balaban J connectivity index is 1.67. The van der Waals surface area contributed by atoms with Crippen LogP contribution < -0.4 is 11.2 Å². The molecule has 1 atom stereocenters. The smallest absolute Gasteiger partial charge is 0.325 e. The highest BCUT2D eigenvalue weighted by Crippen LogP contribution is 2.39. The minimum atomic E-state index is -0.577. The average Bonchev–Trinajstić information content (AvgIpc) is 2.65. The van der Waals surface area contributed by atoms with Gasteiger partial charge in [-0.15, -0.1) is 0 Å². The van der Waals surface area contributed by atoms with Crippen LogP contribution in [0.1, 0.15) is 51.5 Å². The van der Waals surface area contributed by atoms with Crippen molar-refractivity contribution in [1.29, 1.82) is 0 Å². The molecule has 0 aliphatic carbocycles. The third-order valence-corrected chi connectivity index (χ3v) is 5.98. The number of hydrogen-bond donors (Lipinski definition) is 2. The third kappa shape index (κ3) is 4.72. The van der Waals surface area contributed by atoms with E-state index in [4.69, 9.17) is 0 Å². The molecule has 1 unspecified atom stereocenters. The summed E-state index contributed by atoms with van der Waals surface area (Å²) in [5, 5.41) is 0. The van der Waals surface area contributed by atoms with Crippen molar-refractivity contribution in [1.82, 2.24) is 19.8 Å². The Morgan fingerprint density at radius 3 is 2.71 bits per heavy atom. The summed E-state index contributed by atoms with van der Waals surface area (Å²) in [6.07, 6.45) is 5.54. The number of aromatic amines is 2. The van der Waals surface area contributed by atoms with E-state index in [1.165, 1.54) is 6.20 Å². The van der Waals surface area contributed by atoms with Crippen molar-refractivity contribution in [3.05, 3.63) is 32.6 Å². The second-order valence-electron chi connectivity index (χ2n) is 8.69. The van der Waals surface area contributed by atoms with Gasteiger partial charge in [-0.25, -0.2) is 4.79 Å². The molecule has 28 heavy (non-hydrogen) atoms. The van der Waals surface area contributed by atoms with Crippen LogP contribution >= 0.6 is 0 Å². The van der Waals surface area contributed by atoms with Gasteiger partial charge in [0.1, 0.15) is 0 Å². The fraction of sp³-hybridized carbons (Fsp3) is 0.700. The normalized spacial score (nSPS) is 22.9. The van der Waals surface area contributed by atoms with Gasteiger partial charge in [0, 0.05) is 49.8 Å². The molecular weight excluding hydrogens is 360 g/mol.